The lowest BCUT2D eigenvalue weighted by molar-refractivity contribution is -0.136. The second-order valence-corrected chi connectivity index (χ2v) is 8.02. The molecule has 122 valence electrons. The molecule has 0 aliphatic heterocycles. The minimum atomic E-state index is -0.882. The van der Waals surface area contributed by atoms with Crippen molar-refractivity contribution in [2.45, 2.75) is 44.3 Å². The number of thioether (sulfide) groups is 1. The fraction of sp³-hybridized carbons (Fsp3) is 0.500. The van der Waals surface area contributed by atoms with Gasteiger partial charge in [-0.2, -0.15) is 0 Å². The van der Waals surface area contributed by atoms with Gasteiger partial charge in [0, 0.05) is 17.2 Å². The third kappa shape index (κ3) is 7.33. The van der Waals surface area contributed by atoms with E-state index in [1.54, 1.807) is 0 Å². The first-order valence-corrected chi connectivity index (χ1v) is 9.93. The van der Waals surface area contributed by atoms with E-state index in [0.717, 1.165) is 51.6 Å². The lowest BCUT2D eigenvalue weighted by Crippen LogP contribution is -2.16. The molecule has 6 heteroatoms. The van der Waals surface area contributed by atoms with E-state index >= 15 is 0 Å². The number of alkyl halides is 1. The summed E-state index contributed by atoms with van der Waals surface area (Å²) in [5.41, 5.74) is 2.15. The number of halogens is 2. The van der Waals surface area contributed by atoms with Crippen LogP contribution in [-0.2, 0) is 22.4 Å². The maximum Gasteiger partial charge on any atom is 0.304 e. The molecular weight excluding hydrogens is 435 g/mol. The maximum atomic E-state index is 11.3. The molecule has 0 spiro atoms. The Morgan fingerprint density at radius 3 is 2.68 bits per heavy atom. The Morgan fingerprint density at radius 2 is 2.09 bits per heavy atom. The summed E-state index contributed by atoms with van der Waals surface area (Å²) in [5.74, 6) is -0.882. The van der Waals surface area contributed by atoms with Crippen molar-refractivity contribution < 1.29 is 14.7 Å². The topological polar surface area (TPSA) is 54.4 Å². The minimum Gasteiger partial charge on any atom is -0.481 e. The molecule has 0 fully saturated rings. The molecule has 22 heavy (non-hydrogen) atoms. The van der Waals surface area contributed by atoms with Gasteiger partial charge in [-0.05, 0) is 47.3 Å². The van der Waals surface area contributed by atoms with Gasteiger partial charge in [0.05, 0.1) is 6.42 Å². The van der Waals surface area contributed by atoms with Gasteiger partial charge in [0.1, 0.15) is 0 Å². The van der Waals surface area contributed by atoms with Gasteiger partial charge in [-0.1, -0.05) is 58.1 Å². The Hall–Kier alpha value is -0.270. The zero-order chi connectivity index (χ0) is 16.5. The van der Waals surface area contributed by atoms with E-state index in [4.69, 9.17) is 16.7 Å². The second kappa shape index (κ2) is 10.5. The molecule has 0 saturated heterocycles. The Labute approximate surface area is 154 Å². The molecule has 1 aromatic carbocycles. The van der Waals surface area contributed by atoms with Crippen molar-refractivity contribution in [1.82, 2.24) is 0 Å². The molecule has 3 nitrogen and oxygen atoms in total. The number of carboxylic acid groups (broad SMARTS) is 1. The summed E-state index contributed by atoms with van der Waals surface area (Å²) in [7, 11) is 0. The van der Waals surface area contributed by atoms with Gasteiger partial charge in [0.2, 0.25) is 0 Å². The predicted octanol–water partition coefficient (Wildman–Crippen LogP) is 4.76. The van der Waals surface area contributed by atoms with E-state index in [0.29, 0.717) is 6.42 Å². The fourth-order valence-corrected chi connectivity index (χ4v) is 4.09. The Kier molecular flexibility index (Phi) is 9.43. The molecule has 0 aromatic heterocycles. The predicted molar refractivity (Wildman–Crippen MR) is 101 cm³/mol. The van der Waals surface area contributed by atoms with Crippen LogP contribution in [0.25, 0.3) is 0 Å². The SMILES string of the molecule is CC(=O)SC(CC(=O)O)Cc1cccc(Cl)c1CCCCI. The van der Waals surface area contributed by atoms with Crippen molar-refractivity contribution >= 4 is 57.0 Å². The lowest BCUT2D eigenvalue weighted by atomic mass is 9.97. The Morgan fingerprint density at radius 1 is 1.36 bits per heavy atom. The van der Waals surface area contributed by atoms with Gasteiger partial charge >= 0.3 is 5.97 Å². The normalized spacial score (nSPS) is 12.1. The van der Waals surface area contributed by atoms with Crippen molar-refractivity contribution in [2.75, 3.05) is 4.43 Å². The lowest BCUT2D eigenvalue weighted by Gasteiger charge is -2.17. The molecule has 0 aliphatic rings. The van der Waals surface area contributed by atoms with Crippen LogP contribution in [0.5, 0.6) is 0 Å². The number of hydrogen-bond acceptors (Lipinski definition) is 3. The summed E-state index contributed by atoms with van der Waals surface area (Å²) >= 11 is 9.77. The van der Waals surface area contributed by atoms with Crippen molar-refractivity contribution in [3.63, 3.8) is 0 Å². The van der Waals surface area contributed by atoms with Gasteiger partial charge in [0.15, 0.2) is 5.12 Å². The highest BCUT2D eigenvalue weighted by Crippen LogP contribution is 2.27. The van der Waals surface area contributed by atoms with E-state index in [2.05, 4.69) is 22.6 Å². The zero-order valence-electron chi connectivity index (χ0n) is 12.5. The van der Waals surface area contributed by atoms with Crippen LogP contribution in [0.4, 0.5) is 0 Å². The number of benzene rings is 1. The number of rotatable bonds is 9. The van der Waals surface area contributed by atoms with E-state index in [1.807, 2.05) is 18.2 Å². The van der Waals surface area contributed by atoms with Gasteiger partial charge in [-0.15, -0.1) is 0 Å². The van der Waals surface area contributed by atoms with Crippen LogP contribution in [0.15, 0.2) is 18.2 Å². The van der Waals surface area contributed by atoms with Crippen LogP contribution in [-0.4, -0.2) is 25.9 Å². The van der Waals surface area contributed by atoms with Crippen LogP contribution >= 0.6 is 46.0 Å². The monoisotopic (exact) mass is 454 g/mol. The summed E-state index contributed by atoms with van der Waals surface area (Å²) < 4.78 is 1.11. The van der Waals surface area contributed by atoms with Crippen LogP contribution in [0.3, 0.4) is 0 Å². The van der Waals surface area contributed by atoms with Crippen LogP contribution in [0.2, 0.25) is 5.02 Å². The molecule has 1 rings (SSSR count). The molecule has 1 unspecified atom stereocenters. The number of carbonyl (C=O) groups is 2. The van der Waals surface area contributed by atoms with Crippen molar-refractivity contribution in [1.29, 1.82) is 0 Å². The Balaban J connectivity index is 2.89. The molecular formula is C16H20ClIO3S. The standard InChI is InChI=1S/C16H20ClIO3S/c1-11(19)22-13(10-16(20)21)9-12-5-4-7-15(17)14(12)6-2-3-8-18/h4-5,7,13H,2-3,6,8-10H2,1H3,(H,20,21). The second-order valence-electron chi connectivity index (χ2n) is 5.06. The van der Waals surface area contributed by atoms with Crippen LogP contribution in [0.1, 0.15) is 37.3 Å². The summed E-state index contributed by atoms with van der Waals surface area (Å²) in [4.78, 5) is 22.3. The third-order valence-corrected chi connectivity index (χ3v) is 5.32. The van der Waals surface area contributed by atoms with Gasteiger partial charge in [0.25, 0.3) is 0 Å². The summed E-state index contributed by atoms with van der Waals surface area (Å²) in [5, 5.41) is 9.44. The van der Waals surface area contributed by atoms with Crippen molar-refractivity contribution in [2.24, 2.45) is 0 Å². The van der Waals surface area contributed by atoms with Gasteiger partial charge < -0.3 is 5.11 Å². The third-order valence-electron chi connectivity index (χ3n) is 3.21. The highest BCUT2D eigenvalue weighted by molar-refractivity contribution is 14.1. The Bertz CT molecular complexity index is 506. The summed E-state index contributed by atoms with van der Waals surface area (Å²) in [6.07, 6.45) is 3.61. The largest absolute Gasteiger partial charge is 0.481 e. The van der Waals surface area contributed by atoms with E-state index in [1.165, 1.54) is 6.92 Å². The summed E-state index contributed by atoms with van der Waals surface area (Å²) in [6.45, 7) is 1.47. The van der Waals surface area contributed by atoms with E-state index in [-0.39, 0.29) is 16.8 Å². The smallest absolute Gasteiger partial charge is 0.304 e. The molecule has 1 aromatic rings. The molecule has 1 N–H and O–H groups in total. The zero-order valence-corrected chi connectivity index (χ0v) is 16.2. The number of carbonyl (C=O) groups excluding carboxylic acids is 1. The number of unbranched alkanes of at least 4 members (excludes halogenated alkanes) is 1. The molecule has 1 atom stereocenters. The van der Waals surface area contributed by atoms with Crippen molar-refractivity contribution in [3.05, 3.63) is 34.3 Å². The first-order valence-electron chi connectivity index (χ1n) is 7.15. The van der Waals surface area contributed by atoms with Crippen molar-refractivity contribution in [3.8, 4) is 0 Å². The molecule has 0 saturated carbocycles. The summed E-state index contributed by atoms with van der Waals surface area (Å²) in [6, 6.07) is 5.74. The fourth-order valence-electron chi connectivity index (χ4n) is 2.30. The van der Waals surface area contributed by atoms with E-state index < -0.39 is 5.97 Å². The first kappa shape index (κ1) is 19.8. The average Bonchev–Trinajstić information content (AvgIpc) is 2.40. The van der Waals surface area contributed by atoms with Crippen LogP contribution < -0.4 is 0 Å². The molecule has 0 aliphatic carbocycles. The molecule has 0 amide bonds. The quantitative estimate of drug-likeness (QED) is 0.332. The average molecular weight is 455 g/mol. The number of aliphatic carboxylic acids is 1. The number of carboxylic acids is 1. The minimum absolute atomic E-state index is 0.0239. The van der Waals surface area contributed by atoms with E-state index in [9.17, 15) is 9.59 Å². The molecule has 0 radical (unpaired) electrons. The highest BCUT2D eigenvalue weighted by atomic mass is 127. The van der Waals surface area contributed by atoms with Gasteiger partial charge in [-0.25, -0.2) is 0 Å². The maximum absolute atomic E-state index is 11.3. The first-order chi connectivity index (χ1) is 10.4. The molecule has 0 heterocycles. The highest BCUT2D eigenvalue weighted by Gasteiger charge is 2.19. The van der Waals surface area contributed by atoms with Crippen LogP contribution in [0, 0.1) is 0 Å². The van der Waals surface area contributed by atoms with Gasteiger partial charge in [-0.3, -0.25) is 9.59 Å². The number of hydrogen-bond donors (Lipinski definition) is 1. The molecule has 0 bridgehead atoms.